The van der Waals surface area contributed by atoms with Gasteiger partial charge in [-0.05, 0) is 41.2 Å². The minimum Gasteiger partial charge on any atom is -0.481 e. The van der Waals surface area contributed by atoms with Gasteiger partial charge in [0.15, 0.2) is 0 Å². The number of hydrogen-bond donors (Lipinski definition) is 1. The van der Waals surface area contributed by atoms with E-state index in [4.69, 9.17) is 11.6 Å². The first kappa shape index (κ1) is 17.0. The lowest BCUT2D eigenvalue weighted by molar-refractivity contribution is -0.144. The lowest BCUT2D eigenvalue weighted by Gasteiger charge is -2.34. The van der Waals surface area contributed by atoms with Crippen molar-refractivity contribution in [3.05, 3.63) is 59.1 Å². The predicted octanol–water partition coefficient (Wildman–Crippen LogP) is 4.55. The zero-order valence-corrected chi connectivity index (χ0v) is 14.5. The van der Waals surface area contributed by atoms with Crippen molar-refractivity contribution < 1.29 is 9.90 Å². The summed E-state index contributed by atoms with van der Waals surface area (Å²) >= 11 is 5.93. The molecule has 126 valence electrons. The maximum atomic E-state index is 11.3. The quantitative estimate of drug-likeness (QED) is 0.885. The lowest BCUT2D eigenvalue weighted by Crippen LogP contribution is -2.41. The van der Waals surface area contributed by atoms with Crippen LogP contribution >= 0.6 is 11.6 Å². The number of carboxylic acids is 1. The Balaban J connectivity index is 1.67. The molecule has 0 aliphatic carbocycles. The Morgan fingerprint density at radius 1 is 1.08 bits per heavy atom. The second-order valence-corrected chi connectivity index (χ2v) is 7.21. The van der Waals surface area contributed by atoms with Gasteiger partial charge >= 0.3 is 5.97 Å². The Bertz CT molecular complexity index is 697. The number of aliphatic carboxylic acids is 1. The number of rotatable bonds is 4. The van der Waals surface area contributed by atoms with Crippen LogP contribution in [0.25, 0.3) is 11.1 Å². The fourth-order valence-corrected chi connectivity index (χ4v) is 3.60. The molecule has 2 aromatic carbocycles. The van der Waals surface area contributed by atoms with Crippen LogP contribution in [0.4, 0.5) is 0 Å². The normalized spacial score (nSPS) is 21.6. The molecule has 24 heavy (non-hydrogen) atoms. The molecule has 0 amide bonds. The summed E-state index contributed by atoms with van der Waals surface area (Å²) < 4.78 is 0. The van der Waals surface area contributed by atoms with E-state index < -0.39 is 5.97 Å². The molecule has 3 rings (SSSR count). The molecule has 2 aromatic rings. The zero-order valence-electron chi connectivity index (χ0n) is 13.8. The Hall–Kier alpha value is -1.84. The van der Waals surface area contributed by atoms with Gasteiger partial charge in [-0.3, -0.25) is 9.69 Å². The minimum absolute atomic E-state index is 0.248. The molecule has 1 aliphatic heterocycles. The first-order chi connectivity index (χ1) is 11.5. The van der Waals surface area contributed by atoms with E-state index in [-0.39, 0.29) is 5.92 Å². The SMILES string of the molecule is CC1CC(C(=O)O)CN(Cc2ccc(-c3ccc(Cl)cc3)cc2)C1. The Morgan fingerprint density at radius 3 is 2.25 bits per heavy atom. The molecule has 0 radical (unpaired) electrons. The van der Waals surface area contributed by atoms with E-state index in [0.717, 1.165) is 35.7 Å². The number of hydrogen-bond acceptors (Lipinski definition) is 2. The van der Waals surface area contributed by atoms with Crippen molar-refractivity contribution >= 4 is 17.6 Å². The molecule has 1 fully saturated rings. The van der Waals surface area contributed by atoms with Gasteiger partial charge in [-0.1, -0.05) is 54.9 Å². The van der Waals surface area contributed by atoms with Gasteiger partial charge in [0.05, 0.1) is 5.92 Å². The minimum atomic E-state index is -0.676. The number of carboxylic acid groups (broad SMARTS) is 1. The van der Waals surface area contributed by atoms with Gasteiger partial charge in [0.1, 0.15) is 0 Å². The van der Waals surface area contributed by atoms with Crippen molar-refractivity contribution in [2.75, 3.05) is 13.1 Å². The molecule has 3 nitrogen and oxygen atoms in total. The summed E-state index contributed by atoms with van der Waals surface area (Å²) in [5.74, 6) is -0.500. The molecule has 0 bridgehead atoms. The molecular weight excluding hydrogens is 322 g/mol. The highest BCUT2D eigenvalue weighted by molar-refractivity contribution is 6.30. The van der Waals surface area contributed by atoms with Gasteiger partial charge in [-0.2, -0.15) is 0 Å². The molecule has 1 aliphatic rings. The van der Waals surface area contributed by atoms with E-state index in [1.165, 1.54) is 5.56 Å². The summed E-state index contributed by atoms with van der Waals surface area (Å²) in [7, 11) is 0. The first-order valence-electron chi connectivity index (χ1n) is 8.31. The van der Waals surface area contributed by atoms with Gasteiger partial charge in [0.2, 0.25) is 0 Å². The van der Waals surface area contributed by atoms with Crippen LogP contribution in [-0.4, -0.2) is 29.1 Å². The largest absolute Gasteiger partial charge is 0.481 e. The summed E-state index contributed by atoms with van der Waals surface area (Å²) in [4.78, 5) is 13.5. The number of halogens is 1. The second-order valence-electron chi connectivity index (χ2n) is 6.77. The van der Waals surface area contributed by atoms with E-state index in [1.54, 1.807) is 0 Å². The van der Waals surface area contributed by atoms with Crippen molar-refractivity contribution in [1.82, 2.24) is 4.90 Å². The lowest BCUT2D eigenvalue weighted by atomic mass is 9.90. The summed E-state index contributed by atoms with van der Waals surface area (Å²) in [6, 6.07) is 16.3. The van der Waals surface area contributed by atoms with E-state index in [0.29, 0.717) is 12.5 Å². The second kappa shape index (κ2) is 7.37. The third-order valence-electron chi connectivity index (χ3n) is 4.62. The van der Waals surface area contributed by atoms with Crippen LogP contribution in [0.2, 0.25) is 5.02 Å². The van der Waals surface area contributed by atoms with Gasteiger partial charge in [-0.25, -0.2) is 0 Å². The Labute approximate surface area is 147 Å². The van der Waals surface area contributed by atoms with Crippen molar-refractivity contribution in [3.8, 4) is 11.1 Å². The third kappa shape index (κ3) is 4.16. The number of carbonyl (C=O) groups is 1. The van der Waals surface area contributed by atoms with Crippen LogP contribution in [0.5, 0.6) is 0 Å². The summed E-state index contributed by atoms with van der Waals surface area (Å²) in [5.41, 5.74) is 3.51. The topological polar surface area (TPSA) is 40.5 Å². The van der Waals surface area contributed by atoms with Crippen molar-refractivity contribution in [2.45, 2.75) is 19.9 Å². The Kier molecular flexibility index (Phi) is 5.22. The van der Waals surface area contributed by atoms with Crippen LogP contribution in [0.15, 0.2) is 48.5 Å². The molecule has 0 aromatic heterocycles. The van der Waals surface area contributed by atoms with Crippen molar-refractivity contribution in [2.24, 2.45) is 11.8 Å². The molecule has 0 spiro atoms. The fourth-order valence-electron chi connectivity index (χ4n) is 3.47. The number of piperidine rings is 1. The molecule has 2 atom stereocenters. The van der Waals surface area contributed by atoms with Crippen LogP contribution in [0, 0.1) is 11.8 Å². The van der Waals surface area contributed by atoms with E-state index in [2.05, 4.69) is 36.1 Å². The molecule has 4 heteroatoms. The average Bonchev–Trinajstić information content (AvgIpc) is 2.56. The van der Waals surface area contributed by atoms with Gasteiger partial charge < -0.3 is 5.11 Å². The molecule has 2 unspecified atom stereocenters. The maximum absolute atomic E-state index is 11.3. The van der Waals surface area contributed by atoms with Crippen LogP contribution in [0.1, 0.15) is 18.9 Å². The molecular formula is C20H22ClNO2. The summed E-state index contributed by atoms with van der Waals surface area (Å²) in [5, 5.41) is 10.0. The monoisotopic (exact) mass is 343 g/mol. The van der Waals surface area contributed by atoms with E-state index in [1.807, 2.05) is 24.3 Å². The highest BCUT2D eigenvalue weighted by atomic mass is 35.5. The molecule has 1 saturated heterocycles. The summed E-state index contributed by atoms with van der Waals surface area (Å²) in [6.45, 7) is 4.53. The zero-order chi connectivity index (χ0) is 17.1. The van der Waals surface area contributed by atoms with Crippen LogP contribution in [-0.2, 0) is 11.3 Å². The van der Waals surface area contributed by atoms with Gasteiger partial charge in [0.25, 0.3) is 0 Å². The molecule has 0 saturated carbocycles. The highest BCUT2D eigenvalue weighted by Gasteiger charge is 2.29. The predicted molar refractivity (Wildman–Crippen MR) is 97.1 cm³/mol. The third-order valence-corrected chi connectivity index (χ3v) is 4.87. The van der Waals surface area contributed by atoms with Gasteiger partial charge in [0, 0.05) is 24.7 Å². The van der Waals surface area contributed by atoms with Crippen LogP contribution in [0.3, 0.4) is 0 Å². The summed E-state index contributed by atoms with van der Waals surface area (Å²) in [6.07, 6.45) is 0.779. The Morgan fingerprint density at radius 2 is 1.67 bits per heavy atom. The standard InChI is InChI=1S/C20H22ClNO2/c1-14-10-18(20(23)24)13-22(11-14)12-15-2-4-16(5-3-15)17-6-8-19(21)9-7-17/h2-9,14,18H,10-13H2,1H3,(H,23,24). The van der Waals surface area contributed by atoms with E-state index in [9.17, 15) is 9.90 Å². The van der Waals surface area contributed by atoms with Crippen molar-refractivity contribution in [3.63, 3.8) is 0 Å². The van der Waals surface area contributed by atoms with E-state index >= 15 is 0 Å². The highest BCUT2D eigenvalue weighted by Crippen LogP contribution is 2.25. The number of benzene rings is 2. The fraction of sp³-hybridized carbons (Fsp3) is 0.350. The van der Waals surface area contributed by atoms with Crippen molar-refractivity contribution in [1.29, 1.82) is 0 Å². The first-order valence-corrected chi connectivity index (χ1v) is 8.69. The van der Waals surface area contributed by atoms with Gasteiger partial charge in [-0.15, -0.1) is 0 Å². The maximum Gasteiger partial charge on any atom is 0.307 e. The number of likely N-dealkylation sites (tertiary alicyclic amines) is 1. The molecule has 1 N–H and O–H groups in total. The van der Waals surface area contributed by atoms with Crippen LogP contribution < -0.4 is 0 Å². The average molecular weight is 344 g/mol. The molecule has 1 heterocycles. The number of nitrogens with zero attached hydrogens (tertiary/aromatic N) is 1. The smallest absolute Gasteiger partial charge is 0.307 e.